The van der Waals surface area contributed by atoms with Crippen LogP contribution in [0.2, 0.25) is 0 Å². The number of ether oxygens (including phenoxy) is 1. The van der Waals surface area contributed by atoms with E-state index in [4.69, 9.17) is 4.74 Å². The zero-order valence-corrected chi connectivity index (χ0v) is 13.4. The molecule has 2 aliphatic rings. The first-order chi connectivity index (χ1) is 10.8. The highest BCUT2D eigenvalue weighted by atomic mass is 79.9. The number of hydrogen-bond donors (Lipinski definition) is 1. The van der Waals surface area contributed by atoms with Crippen LogP contribution >= 0.6 is 15.9 Å². The molecule has 108 valence electrons. The van der Waals surface area contributed by atoms with E-state index in [9.17, 15) is 0 Å². The number of allylic oxidation sites excluding steroid dienone is 2. The van der Waals surface area contributed by atoms with Crippen molar-refractivity contribution in [1.29, 1.82) is 0 Å². The van der Waals surface area contributed by atoms with Crippen molar-refractivity contribution in [3.63, 3.8) is 0 Å². The summed E-state index contributed by atoms with van der Waals surface area (Å²) in [6.45, 7) is 0.742. The second-order valence-corrected chi connectivity index (χ2v) is 6.18. The summed E-state index contributed by atoms with van der Waals surface area (Å²) >= 11 is 3.49. The third-order valence-electron chi connectivity index (χ3n) is 3.78. The summed E-state index contributed by atoms with van der Waals surface area (Å²) in [7, 11) is 0. The molecule has 0 saturated heterocycles. The Kier molecular flexibility index (Phi) is 3.36. The van der Waals surface area contributed by atoms with Gasteiger partial charge >= 0.3 is 0 Å². The van der Waals surface area contributed by atoms with Crippen LogP contribution in [0.4, 0.5) is 0 Å². The van der Waals surface area contributed by atoms with E-state index >= 15 is 0 Å². The Morgan fingerprint density at radius 1 is 1.32 bits per heavy atom. The number of rotatable bonds is 2. The smallest absolute Gasteiger partial charge is 0.130 e. The van der Waals surface area contributed by atoms with Gasteiger partial charge in [-0.25, -0.2) is 0 Å². The summed E-state index contributed by atoms with van der Waals surface area (Å²) < 4.78 is 6.61. The Balaban J connectivity index is 1.63. The van der Waals surface area contributed by atoms with Gasteiger partial charge in [0.2, 0.25) is 0 Å². The SMILES string of the molecule is Brc1cccc(-c2cc(C3C#CC4=C(C=C3)OCC4)[nH]n2)c1. The quantitative estimate of drug-likeness (QED) is 0.823. The molecule has 0 radical (unpaired) electrons. The van der Waals surface area contributed by atoms with Crippen molar-refractivity contribution in [3.05, 3.63) is 64.0 Å². The van der Waals surface area contributed by atoms with E-state index in [-0.39, 0.29) is 5.92 Å². The van der Waals surface area contributed by atoms with E-state index in [1.807, 2.05) is 24.3 Å². The van der Waals surface area contributed by atoms with Crippen molar-refractivity contribution in [2.75, 3.05) is 6.61 Å². The van der Waals surface area contributed by atoms with Crippen LogP contribution in [0.1, 0.15) is 18.0 Å². The van der Waals surface area contributed by atoms with Crippen molar-refractivity contribution < 1.29 is 4.74 Å². The average molecular weight is 353 g/mol. The lowest BCUT2D eigenvalue weighted by molar-refractivity contribution is 0.257. The molecule has 1 aromatic heterocycles. The van der Waals surface area contributed by atoms with Crippen molar-refractivity contribution in [2.24, 2.45) is 0 Å². The molecule has 0 bridgehead atoms. The molecule has 2 heterocycles. The molecule has 3 nitrogen and oxygen atoms in total. The molecule has 0 saturated carbocycles. The summed E-state index contributed by atoms with van der Waals surface area (Å²) in [6, 6.07) is 10.2. The summed E-state index contributed by atoms with van der Waals surface area (Å²) in [5, 5.41) is 7.52. The fraction of sp³-hybridized carbons (Fsp3) is 0.167. The summed E-state index contributed by atoms with van der Waals surface area (Å²) in [5.74, 6) is 7.46. The topological polar surface area (TPSA) is 37.9 Å². The maximum Gasteiger partial charge on any atom is 0.130 e. The van der Waals surface area contributed by atoms with Gasteiger partial charge in [0.1, 0.15) is 5.76 Å². The number of hydrogen-bond acceptors (Lipinski definition) is 2. The molecule has 1 aromatic carbocycles. The lowest BCUT2D eigenvalue weighted by Gasteiger charge is -2.01. The van der Waals surface area contributed by atoms with Crippen LogP contribution in [0.3, 0.4) is 0 Å². The molecule has 1 aliphatic carbocycles. The maximum absolute atomic E-state index is 5.57. The van der Waals surface area contributed by atoms with Gasteiger partial charge in [0, 0.05) is 22.0 Å². The van der Waals surface area contributed by atoms with Crippen molar-refractivity contribution in [2.45, 2.75) is 12.3 Å². The summed E-state index contributed by atoms with van der Waals surface area (Å²) in [4.78, 5) is 0. The van der Waals surface area contributed by atoms with Gasteiger partial charge < -0.3 is 4.74 Å². The molecule has 2 aromatic rings. The van der Waals surface area contributed by atoms with Crippen LogP contribution in [0.25, 0.3) is 11.3 Å². The Morgan fingerprint density at radius 2 is 2.27 bits per heavy atom. The van der Waals surface area contributed by atoms with Gasteiger partial charge in [0.05, 0.1) is 23.9 Å². The Hall–Kier alpha value is -2.25. The third-order valence-corrected chi connectivity index (χ3v) is 4.27. The highest BCUT2D eigenvalue weighted by molar-refractivity contribution is 9.10. The van der Waals surface area contributed by atoms with Crippen LogP contribution < -0.4 is 0 Å². The predicted molar refractivity (Wildman–Crippen MR) is 89.0 cm³/mol. The summed E-state index contributed by atoms with van der Waals surface area (Å²) in [5.41, 5.74) is 4.10. The van der Waals surface area contributed by atoms with E-state index in [0.717, 1.165) is 45.8 Å². The van der Waals surface area contributed by atoms with Crippen LogP contribution in [0.15, 0.2) is 58.3 Å². The average Bonchev–Trinajstić information content (AvgIpc) is 3.14. The van der Waals surface area contributed by atoms with Gasteiger partial charge in [-0.2, -0.15) is 5.10 Å². The molecule has 1 aliphatic heterocycles. The van der Waals surface area contributed by atoms with E-state index in [2.05, 4.69) is 56.2 Å². The first kappa shape index (κ1) is 13.4. The van der Waals surface area contributed by atoms with Gasteiger partial charge in [-0.05, 0) is 24.3 Å². The van der Waals surface area contributed by atoms with Crippen molar-refractivity contribution in [3.8, 4) is 23.1 Å². The number of aromatic nitrogens is 2. The van der Waals surface area contributed by atoms with E-state index in [1.165, 1.54) is 0 Å². The number of H-pyrrole nitrogens is 1. The lowest BCUT2D eigenvalue weighted by atomic mass is 10.0. The first-order valence-corrected chi connectivity index (χ1v) is 7.96. The minimum absolute atomic E-state index is 0.0163. The molecule has 1 unspecified atom stereocenters. The van der Waals surface area contributed by atoms with Crippen molar-refractivity contribution in [1.82, 2.24) is 10.2 Å². The maximum atomic E-state index is 5.57. The normalized spacial score (nSPS) is 19.2. The molecule has 0 amide bonds. The zero-order chi connectivity index (χ0) is 14.9. The summed E-state index contributed by atoms with van der Waals surface area (Å²) in [6.07, 6.45) is 4.99. The molecule has 1 N–H and O–H groups in total. The molecule has 1 atom stereocenters. The molecule has 4 heteroatoms. The van der Waals surface area contributed by atoms with Gasteiger partial charge in [-0.15, -0.1) is 0 Å². The van der Waals surface area contributed by atoms with E-state index in [1.54, 1.807) is 0 Å². The third kappa shape index (κ3) is 2.49. The molecule has 0 fully saturated rings. The Morgan fingerprint density at radius 3 is 3.18 bits per heavy atom. The predicted octanol–water partition coefficient (Wildman–Crippen LogP) is 4.17. The second kappa shape index (κ2) is 5.51. The lowest BCUT2D eigenvalue weighted by Crippen LogP contribution is -1.92. The van der Waals surface area contributed by atoms with Crippen molar-refractivity contribution >= 4 is 15.9 Å². The molecule has 4 rings (SSSR count). The fourth-order valence-corrected chi connectivity index (χ4v) is 3.02. The number of nitrogens with zero attached hydrogens (tertiary/aromatic N) is 1. The number of halogens is 1. The Labute approximate surface area is 137 Å². The number of aromatic amines is 1. The first-order valence-electron chi connectivity index (χ1n) is 7.16. The van der Waals surface area contributed by atoms with E-state index in [0.29, 0.717) is 0 Å². The zero-order valence-electron chi connectivity index (χ0n) is 11.8. The van der Waals surface area contributed by atoms with Crippen LogP contribution in [-0.2, 0) is 4.74 Å². The molecule has 0 spiro atoms. The Bertz CT molecular complexity index is 851. The number of nitrogens with one attached hydrogen (secondary N) is 1. The standard InChI is InChI=1S/C18H13BrN2O/c19-15-3-1-2-14(10-15)17-11-16(20-21-17)12-4-5-13-8-9-22-18(13)7-6-12/h1-3,6-7,10-12H,8-9H2,(H,20,21). The van der Waals surface area contributed by atoms with Gasteiger partial charge in [-0.1, -0.05) is 46.0 Å². The largest absolute Gasteiger partial charge is 0.492 e. The van der Waals surface area contributed by atoms with Crippen LogP contribution in [0, 0.1) is 11.8 Å². The van der Waals surface area contributed by atoms with Gasteiger partial charge in [0.15, 0.2) is 0 Å². The monoisotopic (exact) mass is 352 g/mol. The molecular formula is C18H13BrN2O. The second-order valence-electron chi connectivity index (χ2n) is 5.27. The van der Waals surface area contributed by atoms with Gasteiger partial charge in [0.25, 0.3) is 0 Å². The van der Waals surface area contributed by atoms with Crippen LogP contribution in [0.5, 0.6) is 0 Å². The minimum Gasteiger partial charge on any atom is -0.492 e. The highest BCUT2D eigenvalue weighted by Gasteiger charge is 2.17. The fourth-order valence-electron chi connectivity index (χ4n) is 2.62. The minimum atomic E-state index is 0.0163. The van der Waals surface area contributed by atoms with Gasteiger partial charge in [-0.3, -0.25) is 5.10 Å². The highest BCUT2D eigenvalue weighted by Crippen LogP contribution is 2.28. The van der Waals surface area contributed by atoms with Crippen LogP contribution in [-0.4, -0.2) is 16.8 Å². The molecule has 22 heavy (non-hydrogen) atoms. The molecular weight excluding hydrogens is 340 g/mol. The van der Waals surface area contributed by atoms with E-state index < -0.39 is 0 Å². The number of benzene rings is 1.